The fourth-order valence-electron chi connectivity index (χ4n) is 1.17. The van der Waals surface area contributed by atoms with Crippen molar-refractivity contribution in [1.29, 1.82) is 0 Å². The van der Waals surface area contributed by atoms with Crippen LogP contribution in [0, 0.1) is 0 Å². The van der Waals surface area contributed by atoms with Gasteiger partial charge in [0, 0.05) is 30.4 Å². The molecule has 0 spiro atoms. The molecule has 0 saturated heterocycles. The summed E-state index contributed by atoms with van der Waals surface area (Å²) in [6.45, 7) is 6.07. The maximum atomic E-state index is 5.88. The predicted octanol–water partition coefficient (Wildman–Crippen LogP) is 1.88. The molecule has 1 unspecified atom stereocenters. The summed E-state index contributed by atoms with van der Waals surface area (Å²) in [6.07, 6.45) is 4.79. The lowest BCUT2D eigenvalue weighted by molar-refractivity contribution is 0.368. The van der Waals surface area contributed by atoms with Crippen molar-refractivity contribution in [1.82, 2.24) is 15.1 Å². The zero-order chi connectivity index (χ0) is 10.4. The van der Waals surface area contributed by atoms with Crippen molar-refractivity contribution in [2.75, 3.05) is 12.4 Å². The van der Waals surface area contributed by atoms with E-state index in [0.29, 0.717) is 5.88 Å². The molecule has 0 aliphatic heterocycles. The van der Waals surface area contributed by atoms with Crippen LogP contribution in [-0.4, -0.2) is 27.7 Å². The number of halogens is 1. The number of alkyl halides is 1. The second kappa shape index (κ2) is 5.37. The van der Waals surface area contributed by atoms with Crippen LogP contribution in [0.3, 0.4) is 0 Å². The molecule has 80 valence electrons. The van der Waals surface area contributed by atoms with Crippen molar-refractivity contribution in [3.63, 3.8) is 0 Å². The Kier molecular flexibility index (Phi) is 4.42. The third-order valence-electron chi connectivity index (χ3n) is 2.53. The fourth-order valence-corrected chi connectivity index (χ4v) is 1.46. The molecule has 1 aromatic heterocycles. The zero-order valence-corrected chi connectivity index (χ0v) is 9.59. The topological polar surface area (TPSA) is 29.9 Å². The van der Waals surface area contributed by atoms with Gasteiger partial charge in [-0.05, 0) is 19.4 Å². The van der Waals surface area contributed by atoms with Crippen LogP contribution >= 0.6 is 11.6 Å². The summed E-state index contributed by atoms with van der Waals surface area (Å²) in [5.74, 6) is 0.641. The lowest BCUT2D eigenvalue weighted by Gasteiger charge is -2.27. The molecule has 3 nitrogen and oxygen atoms in total. The molecule has 0 bridgehead atoms. The second-order valence-electron chi connectivity index (χ2n) is 3.74. The lowest BCUT2D eigenvalue weighted by atomic mass is 10.0. The van der Waals surface area contributed by atoms with Gasteiger partial charge in [-0.3, -0.25) is 4.68 Å². The third-order valence-corrected chi connectivity index (χ3v) is 3.12. The van der Waals surface area contributed by atoms with Crippen LogP contribution in [0.15, 0.2) is 18.5 Å². The molecule has 0 aromatic carbocycles. The number of rotatable bonds is 6. The summed E-state index contributed by atoms with van der Waals surface area (Å²) in [7, 11) is 0. The average Bonchev–Trinajstić information content (AvgIpc) is 2.70. The highest BCUT2D eigenvalue weighted by Gasteiger charge is 2.18. The number of nitrogens with one attached hydrogen (secondary N) is 1. The highest BCUT2D eigenvalue weighted by molar-refractivity contribution is 6.18. The maximum absolute atomic E-state index is 5.88. The van der Waals surface area contributed by atoms with Crippen molar-refractivity contribution >= 4 is 11.6 Å². The third kappa shape index (κ3) is 3.31. The van der Waals surface area contributed by atoms with E-state index in [-0.39, 0.29) is 5.54 Å². The number of aromatic nitrogens is 2. The Bertz CT molecular complexity index is 242. The minimum atomic E-state index is 0.0503. The molecule has 1 atom stereocenters. The van der Waals surface area contributed by atoms with Crippen LogP contribution in [-0.2, 0) is 6.54 Å². The molecule has 0 saturated carbocycles. The molecule has 0 aliphatic rings. The molecule has 1 aromatic rings. The highest BCUT2D eigenvalue weighted by atomic mass is 35.5. The standard InChI is InChI=1S/C10H18ClN3/c1-3-10(2,9-11)12-6-8-14-7-4-5-13-14/h4-5,7,12H,3,6,8-9H2,1-2H3. The van der Waals surface area contributed by atoms with E-state index in [1.165, 1.54) is 0 Å². The van der Waals surface area contributed by atoms with Crippen LogP contribution in [0.2, 0.25) is 0 Å². The van der Waals surface area contributed by atoms with Crippen molar-refractivity contribution in [3.8, 4) is 0 Å². The van der Waals surface area contributed by atoms with Crippen molar-refractivity contribution < 1.29 is 0 Å². The molecular weight excluding hydrogens is 198 g/mol. The minimum absolute atomic E-state index is 0.0503. The molecule has 1 N–H and O–H groups in total. The summed E-state index contributed by atoms with van der Waals surface area (Å²) >= 11 is 5.88. The Morgan fingerprint density at radius 3 is 2.86 bits per heavy atom. The Morgan fingerprint density at radius 1 is 1.57 bits per heavy atom. The minimum Gasteiger partial charge on any atom is -0.308 e. The molecule has 0 amide bonds. The van der Waals surface area contributed by atoms with Gasteiger partial charge in [-0.25, -0.2) is 0 Å². The molecule has 1 rings (SSSR count). The Morgan fingerprint density at radius 2 is 2.36 bits per heavy atom. The van der Waals surface area contributed by atoms with Gasteiger partial charge in [0.1, 0.15) is 0 Å². The maximum Gasteiger partial charge on any atom is 0.0534 e. The fraction of sp³-hybridized carbons (Fsp3) is 0.700. The first-order valence-corrected chi connectivity index (χ1v) is 5.52. The van der Waals surface area contributed by atoms with E-state index in [2.05, 4.69) is 24.3 Å². The van der Waals surface area contributed by atoms with Gasteiger partial charge in [0.05, 0.1) is 6.54 Å². The smallest absolute Gasteiger partial charge is 0.0534 e. The van der Waals surface area contributed by atoms with E-state index in [0.717, 1.165) is 19.5 Å². The second-order valence-corrected chi connectivity index (χ2v) is 4.01. The first-order chi connectivity index (χ1) is 6.70. The Balaban J connectivity index is 2.27. The number of nitrogens with zero attached hydrogens (tertiary/aromatic N) is 2. The quantitative estimate of drug-likeness (QED) is 0.735. The van der Waals surface area contributed by atoms with Gasteiger partial charge in [0.25, 0.3) is 0 Å². The van der Waals surface area contributed by atoms with Crippen LogP contribution < -0.4 is 5.32 Å². The van der Waals surface area contributed by atoms with Gasteiger partial charge in [0.15, 0.2) is 0 Å². The summed E-state index contributed by atoms with van der Waals surface area (Å²) in [5, 5.41) is 7.57. The summed E-state index contributed by atoms with van der Waals surface area (Å²) < 4.78 is 1.91. The van der Waals surface area contributed by atoms with Gasteiger partial charge < -0.3 is 5.32 Å². The predicted molar refractivity (Wildman–Crippen MR) is 59.6 cm³/mol. The van der Waals surface area contributed by atoms with Crippen LogP contribution in [0.1, 0.15) is 20.3 Å². The van der Waals surface area contributed by atoms with Gasteiger partial charge in [-0.15, -0.1) is 11.6 Å². The van der Waals surface area contributed by atoms with Gasteiger partial charge >= 0.3 is 0 Å². The van der Waals surface area contributed by atoms with Gasteiger partial charge in [-0.1, -0.05) is 6.92 Å². The summed E-state index contributed by atoms with van der Waals surface area (Å²) in [5.41, 5.74) is 0.0503. The Labute approximate surface area is 90.4 Å². The van der Waals surface area contributed by atoms with Crippen molar-refractivity contribution in [2.24, 2.45) is 0 Å². The molecular formula is C10H18ClN3. The van der Waals surface area contributed by atoms with Crippen molar-refractivity contribution in [3.05, 3.63) is 18.5 Å². The zero-order valence-electron chi connectivity index (χ0n) is 8.83. The monoisotopic (exact) mass is 215 g/mol. The molecule has 4 heteroatoms. The average molecular weight is 216 g/mol. The number of hydrogen-bond donors (Lipinski definition) is 1. The molecule has 0 radical (unpaired) electrons. The summed E-state index contributed by atoms with van der Waals surface area (Å²) in [4.78, 5) is 0. The van der Waals surface area contributed by atoms with Crippen LogP contribution in [0.4, 0.5) is 0 Å². The number of hydrogen-bond acceptors (Lipinski definition) is 2. The van der Waals surface area contributed by atoms with E-state index in [4.69, 9.17) is 11.6 Å². The largest absolute Gasteiger partial charge is 0.308 e. The first-order valence-electron chi connectivity index (χ1n) is 4.98. The first kappa shape index (κ1) is 11.5. The van der Waals surface area contributed by atoms with E-state index in [1.54, 1.807) is 6.20 Å². The normalized spacial score (nSPS) is 15.4. The van der Waals surface area contributed by atoms with Gasteiger partial charge in [-0.2, -0.15) is 5.10 Å². The van der Waals surface area contributed by atoms with E-state index in [9.17, 15) is 0 Å². The van der Waals surface area contributed by atoms with Gasteiger partial charge in [0.2, 0.25) is 0 Å². The van der Waals surface area contributed by atoms with E-state index in [1.807, 2.05) is 16.9 Å². The molecule has 0 aliphatic carbocycles. The molecule has 1 heterocycles. The lowest BCUT2D eigenvalue weighted by Crippen LogP contribution is -2.44. The SMILES string of the molecule is CCC(C)(CCl)NCCn1cccn1. The van der Waals surface area contributed by atoms with E-state index < -0.39 is 0 Å². The highest BCUT2D eigenvalue weighted by Crippen LogP contribution is 2.10. The molecule has 0 fully saturated rings. The van der Waals surface area contributed by atoms with Crippen LogP contribution in [0.25, 0.3) is 0 Å². The molecule has 14 heavy (non-hydrogen) atoms. The summed E-state index contributed by atoms with van der Waals surface area (Å²) in [6, 6.07) is 1.93. The van der Waals surface area contributed by atoms with Crippen LogP contribution in [0.5, 0.6) is 0 Å². The Hall–Kier alpha value is -0.540. The van der Waals surface area contributed by atoms with E-state index >= 15 is 0 Å². The van der Waals surface area contributed by atoms with Crippen molar-refractivity contribution in [2.45, 2.75) is 32.4 Å².